The fourth-order valence-corrected chi connectivity index (χ4v) is 3.95. The highest BCUT2D eigenvalue weighted by molar-refractivity contribution is 7.89. The van der Waals surface area contributed by atoms with E-state index in [1.165, 1.54) is 11.1 Å². The highest BCUT2D eigenvalue weighted by Gasteiger charge is 2.29. The summed E-state index contributed by atoms with van der Waals surface area (Å²) in [5.74, 6) is 0. The van der Waals surface area contributed by atoms with Gasteiger partial charge in [0.1, 0.15) is 0 Å². The molecule has 122 valence electrons. The molecule has 1 aliphatic heterocycles. The highest BCUT2D eigenvalue weighted by Crippen LogP contribution is 2.24. The number of benzene rings is 2. The Morgan fingerprint density at radius 3 is 2.39 bits per heavy atom. The molecule has 6 heteroatoms. The number of hydrogen-bond donors (Lipinski definition) is 3. The summed E-state index contributed by atoms with van der Waals surface area (Å²) in [6.07, 6.45) is 0.307. The van der Waals surface area contributed by atoms with Crippen LogP contribution in [0.1, 0.15) is 29.2 Å². The first-order valence-electron chi connectivity index (χ1n) is 7.61. The Bertz CT molecular complexity index is 788. The lowest BCUT2D eigenvalue weighted by molar-refractivity contribution is 0.505. The van der Waals surface area contributed by atoms with Gasteiger partial charge >= 0.3 is 0 Å². The van der Waals surface area contributed by atoms with E-state index in [0.717, 1.165) is 5.56 Å². The summed E-state index contributed by atoms with van der Waals surface area (Å²) < 4.78 is 27.6. The van der Waals surface area contributed by atoms with Crippen molar-refractivity contribution < 1.29 is 8.42 Å². The van der Waals surface area contributed by atoms with Crippen LogP contribution < -0.4 is 15.6 Å². The van der Waals surface area contributed by atoms with Gasteiger partial charge in [-0.15, -0.1) is 0 Å². The van der Waals surface area contributed by atoms with Gasteiger partial charge in [0.2, 0.25) is 10.0 Å². The Morgan fingerprint density at radius 2 is 1.70 bits per heavy atom. The minimum atomic E-state index is -3.53. The van der Waals surface area contributed by atoms with Crippen LogP contribution in [0.4, 0.5) is 0 Å². The van der Waals surface area contributed by atoms with E-state index in [1.807, 2.05) is 19.1 Å². The molecule has 0 saturated carbocycles. The van der Waals surface area contributed by atoms with Crippen LogP contribution >= 0.6 is 0 Å². The van der Waals surface area contributed by atoms with Crippen LogP contribution in [0.15, 0.2) is 53.4 Å². The predicted molar refractivity (Wildman–Crippen MR) is 90.1 cm³/mol. The van der Waals surface area contributed by atoms with E-state index in [0.29, 0.717) is 6.42 Å². The lowest BCUT2D eigenvalue weighted by Gasteiger charge is -2.13. The van der Waals surface area contributed by atoms with Gasteiger partial charge in [-0.25, -0.2) is 19.3 Å². The lowest BCUT2D eigenvalue weighted by Crippen LogP contribution is -2.44. The normalized spacial score (nSPS) is 21.5. The van der Waals surface area contributed by atoms with Crippen molar-refractivity contribution in [2.75, 3.05) is 0 Å². The lowest BCUT2D eigenvalue weighted by atomic mass is 10.00. The molecule has 3 N–H and O–H groups in total. The van der Waals surface area contributed by atoms with E-state index in [-0.39, 0.29) is 17.1 Å². The summed E-state index contributed by atoms with van der Waals surface area (Å²) >= 11 is 0. The molecule has 23 heavy (non-hydrogen) atoms. The van der Waals surface area contributed by atoms with Crippen molar-refractivity contribution in [3.05, 3.63) is 65.2 Å². The Labute approximate surface area is 137 Å². The summed E-state index contributed by atoms with van der Waals surface area (Å²) in [7, 11) is -3.53. The maximum Gasteiger partial charge on any atom is 0.241 e. The average molecular weight is 331 g/mol. The molecule has 1 saturated heterocycles. The fourth-order valence-electron chi connectivity index (χ4n) is 2.79. The Morgan fingerprint density at radius 1 is 1.00 bits per heavy atom. The molecule has 2 aromatic carbocycles. The van der Waals surface area contributed by atoms with Crippen molar-refractivity contribution in [3.63, 3.8) is 0 Å². The minimum Gasteiger partial charge on any atom is -0.249 e. The van der Waals surface area contributed by atoms with E-state index in [2.05, 4.69) is 34.6 Å². The molecule has 0 aliphatic carbocycles. The van der Waals surface area contributed by atoms with Crippen molar-refractivity contribution in [1.29, 1.82) is 0 Å². The minimum absolute atomic E-state index is 0.0851. The third-order valence-electron chi connectivity index (χ3n) is 4.10. The molecule has 1 fully saturated rings. The van der Waals surface area contributed by atoms with Gasteiger partial charge in [0.05, 0.1) is 11.1 Å². The zero-order valence-electron chi connectivity index (χ0n) is 13.2. The molecule has 1 heterocycles. The number of nitrogens with one attached hydrogen (secondary N) is 3. The molecule has 2 unspecified atom stereocenters. The van der Waals surface area contributed by atoms with Crippen LogP contribution in [0.2, 0.25) is 0 Å². The molecule has 3 rings (SSSR count). The van der Waals surface area contributed by atoms with E-state index >= 15 is 0 Å². The second-order valence-electron chi connectivity index (χ2n) is 5.92. The molecule has 5 nitrogen and oxygen atoms in total. The van der Waals surface area contributed by atoms with E-state index in [1.54, 1.807) is 24.3 Å². The standard InChI is InChI=1S/C17H21N3O2S/c1-12-7-9-14(10-8-12)23(21,22)20-17-11-16(18-19-17)15-6-4-3-5-13(15)2/h3-10,16-20H,11H2,1-2H3. The Kier molecular flexibility index (Phi) is 4.50. The van der Waals surface area contributed by atoms with Crippen LogP contribution in [0.25, 0.3) is 0 Å². The van der Waals surface area contributed by atoms with Crippen molar-refractivity contribution in [2.45, 2.75) is 37.4 Å². The van der Waals surface area contributed by atoms with Crippen molar-refractivity contribution >= 4 is 10.0 Å². The monoisotopic (exact) mass is 331 g/mol. The molecule has 0 aromatic heterocycles. The zero-order valence-corrected chi connectivity index (χ0v) is 14.0. The second-order valence-corrected chi connectivity index (χ2v) is 7.63. The number of rotatable bonds is 4. The van der Waals surface area contributed by atoms with Gasteiger partial charge in [-0.3, -0.25) is 0 Å². The summed E-state index contributed by atoms with van der Waals surface area (Å²) in [6, 6.07) is 15.0. The molecule has 0 spiro atoms. The van der Waals surface area contributed by atoms with E-state index in [4.69, 9.17) is 0 Å². The Hall–Kier alpha value is -1.73. The molecule has 0 bridgehead atoms. The maximum atomic E-state index is 12.4. The summed E-state index contributed by atoms with van der Waals surface area (Å²) in [6.45, 7) is 3.99. The van der Waals surface area contributed by atoms with Crippen molar-refractivity contribution in [1.82, 2.24) is 15.6 Å². The van der Waals surface area contributed by atoms with Crippen LogP contribution in [-0.4, -0.2) is 14.6 Å². The largest absolute Gasteiger partial charge is 0.249 e. The van der Waals surface area contributed by atoms with E-state index < -0.39 is 10.0 Å². The first-order chi connectivity index (χ1) is 11.0. The second kappa shape index (κ2) is 6.41. The third kappa shape index (κ3) is 3.61. The first-order valence-corrected chi connectivity index (χ1v) is 9.09. The molecular weight excluding hydrogens is 310 g/mol. The van der Waals surface area contributed by atoms with Crippen molar-refractivity contribution in [2.24, 2.45) is 0 Å². The number of aryl methyl sites for hydroxylation is 2. The topological polar surface area (TPSA) is 70.2 Å². The van der Waals surface area contributed by atoms with Gasteiger partial charge in [0.25, 0.3) is 0 Å². The molecule has 2 aromatic rings. The van der Waals surface area contributed by atoms with Crippen molar-refractivity contribution in [3.8, 4) is 0 Å². The van der Waals surface area contributed by atoms with E-state index in [9.17, 15) is 8.42 Å². The number of sulfonamides is 1. The quantitative estimate of drug-likeness (QED) is 0.803. The molecule has 0 amide bonds. The van der Waals surface area contributed by atoms with Gasteiger partial charge in [-0.1, -0.05) is 42.0 Å². The van der Waals surface area contributed by atoms with Gasteiger partial charge in [0.15, 0.2) is 0 Å². The zero-order chi connectivity index (χ0) is 16.4. The van der Waals surface area contributed by atoms with Gasteiger partial charge in [-0.2, -0.15) is 4.72 Å². The van der Waals surface area contributed by atoms with Gasteiger partial charge < -0.3 is 0 Å². The summed E-state index contributed by atoms with van der Waals surface area (Å²) in [5.41, 5.74) is 9.60. The predicted octanol–water partition coefficient (Wildman–Crippen LogP) is 2.15. The third-order valence-corrected chi connectivity index (χ3v) is 5.58. The number of hydrogen-bond acceptors (Lipinski definition) is 4. The van der Waals surface area contributed by atoms with Crippen LogP contribution in [-0.2, 0) is 10.0 Å². The molecular formula is C17H21N3O2S. The molecule has 2 atom stereocenters. The first kappa shape index (κ1) is 16.1. The average Bonchev–Trinajstić information content (AvgIpc) is 2.95. The van der Waals surface area contributed by atoms with Gasteiger partial charge in [-0.05, 0) is 43.5 Å². The SMILES string of the molecule is Cc1ccc(S(=O)(=O)NC2CC(c3ccccc3C)NN2)cc1. The van der Waals surface area contributed by atoms with Crippen LogP contribution in [0, 0.1) is 13.8 Å². The smallest absolute Gasteiger partial charge is 0.241 e. The fraction of sp³-hybridized carbons (Fsp3) is 0.294. The summed E-state index contributed by atoms with van der Waals surface area (Å²) in [5, 5.41) is 0. The van der Waals surface area contributed by atoms with Crippen LogP contribution in [0.3, 0.4) is 0 Å². The van der Waals surface area contributed by atoms with Crippen LogP contribution in [0.5, 0.6) is 0 Å². The molecule has 1 aliphatic rings. The Balaban J connectivity index is 1.70. The molecule has 0 radical (unpaired) electrons. The highest BCUT2D eigenvalue weighted by atomic mass is 32.2. The number of hydrazine groups is 1. The summed E-state index contributed by atoms with van der Waals surface area (Å²) in [4.78, 5) is 0.282. The van der Waals surface area contributed by atoms with Gasteiger partial charge in [0, 0.05) is 6.04 Å². The maximum absolute atomic E-state index is 12.4.